The molecular weight excluding hydrogens is 250 g/mol. The number of rotatable bonds is 7. The van der Waals surface area contributed by atoms with Crippen LogP contribution in [0.4, 0.5) is 17.5 Å². The maximum atomic E-state index is 11.0. The summed E-state index contributed by atoms with van der Waals surface area (Å²) in [5.41, 5.74) is 5.31. The molecule has 0 saturated heterocycles. The van der Waals surface area contributed by atoms with Gasteiger partial charge < -0.3 is 15.7 Å². The Morgan fingerprint density at radius 3 is 2.63 bits per heavy atom. The highest BCUT2D eigenvalue weighted by molar-refractivity contribution is 5.59. The van der Waals surface area contributed by atoms with Gasteiger partial charge in [-0.3, -0.25) is 10.1 Å². The lowest BCUT2D eigenvalue weighted by atomic mass is 10.1. The zero-order valence-corrected chi connectivity index (χ0v) is 11.1. The van der Waals surface area contributed by atoms with E-state index in [0.717, 1.165) is 19.0 Å². The Hall–Kier alpha value is -1.96. The zero-order valence-electron chi connectivity index (χ0n) is 11.1. The molecule has 19 heavy (non-hydrogen) atoms. The van der Waals surface area contributed by atoms with Gasteiger partial charge in [-0.2, -0.15) is 4.98 Å². The van der Waals surface area contributed by atoms with Crippen molar-refractivity contribution in [2.75, 3.05) is 23.8 Å². The van der Waals surface area contributed by atoms with Crippen LogP contribution in [0.3, 0.4) is 0 Å². The molecule has 3 N–H and O–H groups in total. The van der Waals surface area contributed by atoms with E-state index in [2.05, 4.69) is 9.97 Å². The fraction of sp³-hybridized carbons (Fsp3) is 0.636. The molecule has 0 aliphatic carbocycles. The summed E-state index contributed by atoms with van der Waals surface area (Å²) < 4.78 is 0. The van der Waals surface area contributed by atoms with Crippen LogP contribution in [-0.2, 0) is 0 Å². The van der Waals surface area contributed by atoms with E-state index >= 15 is 0 Å². The third-order valence-corrected chi connectivity index (χ3v) is 2.96. The first kappa shape index (κ1) is 15.1. The van der Waals surface area contributed by atoms with Crippen LogP contribution in [0.1, 0.15) is 26.7 Å². The summed E-state index contributed by atoms with van der Waals surface area (Å²) in [4.78, 5) is 19.8. The second kappa shape index (κ2) is 6.83. The molecule has 0 radical (unpaired) electrons. The number of nitrogens with two attached hydrogens (primary N) is 1. The normalized spacial score (nSPS) is 10.7. The van der Waals surface area contributed by atoms with Crippen LogP contribution in [0.15, 0.2) is 6.20 Å². The lowest BCUT2D eigenvalue weighted by molar-refractivity contribution is -0.384. The molecule has 1 aromatic heterocycles. The van der Waals surface area contributed by atoms with Crippen LogP contribution in [0.2, 0.25) is 0 Å². The number of nitrogens with zero attached hydrogens (tertiary/aromatic N) is 4. The molecule has 8 heteroatoms. The minimum atomic E-state index is -0.540. The highest BCUT2D eigenvalue weighted by Gasteiger charge is 2.26. The van der Waals surface area contributed by atoms with Crippen molar-refractivity contribution in [3.05, 3.63) is 16.3 Å². The molecule has 0 spiro atoms. The highest BCUT2D eigenvalue weighted by Crippen LogP contribution is 2.28. The number of hydrogen-bond donors (Lipinski definition) is 2. The van der Waals surface area contributed by atoms with Gasteiger partial charge in [-0.15, -0.1) is 0 Å². The third-order valence-electron chi connectivity index (χ3n) is 2.96. The van der Waals surface area contributed by atoms with Crippen LogP contribution in [-0.4, -0.2) is 39.2 Å². The molecule has 1 rings (SSSR count). The Kier molecular flexibility index (Phi) is 5.43. The van der Waals surface area contributed by atoms with Gasteiger partial charge in [0.2, 0.25) is 11.8 Å². The lowest BCUT2D eigenvalue weighted by Crippen LogP contribution is -2.38. The number of aliphatic hydroxyl groups is 1. The van der Waals surface area contributed by atoms with Crippen molar-refractivity contribution in [3.8, 4) is 0 Å². The quantitative estimate of drug-likeness (QED) is 0.558. The van der Waals surface area contributed by atoms with Crippen LogP contribution in [0.5, 0.6) is 0 Å². The first-order valence-electron chi connectivity index (χ1n) is 6.19. The predicted octanol–water partition coefficient (Wildman–Crippen LogP) is 0.954. The molecule has 0 bridgehead atoms. The van der Waals surface area contributed by atoms with Crippen molar-refractivity contribution in [1.82, 2.24) is 9.97 Å². The molecule has 0 aliphatic heterocycles. The molecule has 0 saturated carbocycles. The summed E-state index contributed by atoms with van der Waals surface area (Å²) in [5, 5.41) is 20.2. The summed E-state index contributed by atoms with van der Waals surface area (Å²) >= 11 is 0. The lowest BCUT2D eigenvalue weighted by Gasteiger charge is -2.30. The summed E-state index contributed by atoms with van der Waals surface area (Å²) in [6.45, 7) is 4.12. The van der Waals surface area contributed by atoms with E-state index in [1.54, 1.807) is 4.90 Å². The number of aromatic nitrogens is 2. The number of nitro groups is 1. The number of aliphatic hydroxyl groups excluding tert-OH is 1. The Morgan fingerprint density at radius 2 is 2.16 bits per heavy atom. The van der Waals surface area contributed by atoms with Gasteiger partial charge in [0.1, 0.15) is 6.20 Å². The maximum Gasteiger partial charge on any atom is 0.329 e. The molecule has 8 nitrogen and oxygen atoms in total. The minimum absolute atomic E-state index is 0.0190. The molecule has 0 aliphatic rings. The van der Waals surface area contributed by atoms with Crippen molar-refractivity contribution in [3.63, 3.8) is 0 Å². The topological polar surface area (TPSA) is 118 Å². The van der Waals surface area contributed by atoms with Gasteiger partial charge in [-0.25, -0.2) is 4.98 Å². The van der Waals surface area contributed by atoms with Gasteiger partial charge in [-0.1, -0.05) is 13.8 Å². The van der Waals surface area contributed by atoms with Gasteiger partial charge >= 0.3 is 5.69 Å². The molecule has 106 valence electrons. The molecular formula is C11H19N5O3. The van der Waals surface area contributed by atoms with Crippen LogP contribution >= 0.6 is 0 Å². The first-order valence-corrected chi connectivity index (χ1v) is 6.19. The Bertz CT molecular complexity index is 436. The average molecular weight is 269 g/mol. The van der Waals surface area contributed by atoms with Crippen molar-refractivity contribution in [2.24, 2.45) is 0 Å². The smallest absolute Gasteiger partial charge is 0.329 e. The van der Waals surface area contributed by atoms with E-state index in [0.29, 0.717) is 0 Å². The van der Waals surface area contributed by atoms with E-state index in [4.69, 9.17) is 10.8 Å². The second-order valence-corrected chi connectivity index (χ2v) is 4.08. The fourth-order valence-electron chi connectivity index (χ4n) is 2.02. The van der Waals surface area contributed by atoms with Gasteiger partial charge in [0.15, 0.2) is 0 Å². The summed E-state index contributed by atoms with van der Waals surface area (Å²) in [6.07, 6.45) is 2.68. The Balaban J connectivity index is 3.27. The molecule has 1 heterocycles. The van der Waals surface area contributed by atoms with Gasteiger partial charge in [0.25, 0.3) is 0 Å². The summed E-state index contributed by atoms with van der Waals surface area (Å²) in [7, 11) is 0. The van der Waals surface area contributed by atoms with E-state index in [1.807, 2.05) is 13.8 Å². The summed E-state index contributed by atoms with van der Waals surface area (Å²) in [6, 6.07) is 0.0557. The highest BCUT2D eigenvalue weighted by atomic mass is 16.6. The van der Waals surface area contributed by atoms with Gasteiger partial charge in [-0.05, 0) is 12.8 Å². The molecule has 1 aromatic rings. The fourth-order valence-corrected chi connectivity index (χ4v) is 2.02. The summed E-state index contributed by atoms with van der Waals surface area (Å²) in [5.74, 6) is 0.148. The van der Waals surface area contributed by atoms with E-state index in [1.165, 1.54) is 0 Å². The van der Waals surface area contributed by atoms with Gasteiger partial charge in [0.05, 0.1) is 11.5 Å². The maximum absolute atomic E-state index is 11.0. The predicted molar refractivity (Wildman–Crippen MR) is 71.9 cm³/mol. The molecule has 0 aromatic carbocycles. The molecule has 0 amide bonds. The third kappa shape index (κ3) is 3.50. The van der Waals surface area contributed by atoms with Crippen molar-refractivity contribution in [2.45, 2.75) is 32.7 Å². The minimum Gasteiger partial charge on any atom is -0.395 e. The monoisotopic (exact) mass is 269 g/mol. The van der Waals surface area contributed by atoms with Crippen LogP contribution < -0.4 is 10.6 Å². The van der Waals surface area contributed by atoms with Crippen molar-refractivity contribution < 1.29 is 10.0 Å². The molecule has 0 fully saturated rings. The Morgan fingerprint density at radius 1 is 1.53 bits per heavy atom. The standard InChI is InChI=1S/C11H19N5O3/c1-3-8(4-2)15(5-6-17)10-9(16(18)19)7-13-11(12)14-10/h7-8,17H,3-6H2,1-2H3,(H2,12,13,14). The van der Waals surface area contributed by atoms with Crippen molar-refractivity contribution in [1.29, 1.82) is 0 Å². The number of anilines is 2. The van der Waals surface area contributed by atoms with E-state index in [-0.39, 0.29) is 36.6 Å². The molecule has 0 unspecified atom stereocenters. The van der Waals surface area contributed by atoms with Crippen LogP contribution in [0.25, 0.3) is 0 Å². The van der Waals surface area contributed by atoms with E-state index in [9.17, 15) is 10.1 Å². The SMILES string of the molecule is CCC(CC)N(CCO)c1nc(N)ncc1[N+](=O)[O-]. The second-order valence-electron chi connectivity index (χ2n) is 4.08. The Labute approximate surface area is 111 Å². The molecule has 0 atom stereocenters. The zero-order chi connectivity index (χ0) is 14.4. The average Bonchev–Trinajstić information content (AvgIpc) is 2.38. The number of nitrogen functional groups attached to an aromatic ring is 1. The number of hydrogen-bond acceptors (Lipinski definition) is 7. The first-order chi connectivity index (χ1) is 9.04. The van der Waals surface area contributed by atoms with Crippen molar-refractivity contribution >= 4 is 17.5 Å². The van der Waals surface area contributed by atoms with E-state index < -0.39 is 4.92 Å². The van der Waals surface area contributed by atoms with Gasteiger partial charge in [0, 0.05) is 12.6 Å². The largest absolute Gasteiger partial charge is 0.395 e. The van der Waals surface area contributed by atoms with Crippen LogP contribution in [0, 0.1) is 10.1 Å².